The molecule has 1 aliphatic carbocycles. The van der Waals surface area contributed by atoms with Gasteiger partial charge in [0.05, 0.1) is 11.2 Å². The molecule has 0 unspecified atom stereocenters. The summed E-state index contributed by atoms with van der Waals surface area (Å²) < 4.78 is 0. The highest BCUT2D eigenvalue weighted by molar-refractivity contribution is 5.79. The number of H-pyrrole nitrogens is 1. The van der Waals surface area contributed by atoms with E-state index in [1.807, 2.05) is 30.5 Å². The van der Waals surface area contributed by atoms with E-state index in [0.29, 0.717) is 0 Å². The van der Waals surface area contributed by atoms with Crippen LogP contribution in [0, 0.1) is 0 Å². The van der Waals surface area contributed by atoms with Crippen molar-refractivity contribution in [3.63, 3.8) is 0 Å². The molecule has 1 aromatic carbocycles. The summed E-state index contributed by atoms with van der Waals surface area (Å²) in [4.78, 5) is 9.12. The molecule has 0 radical (unpaired) electrons. The summed E-state index contributed by atoms with van der Waals surface area (Å²) >= 11 is 0. The van der Waals surface area contributed by atoms with E-state index < -0.39 is 0 Å². The predicted octanol–water partition coefficient (Wildman–Crippen LogP) is 2.90. The third-order valence-electron chi connectivity index (χ3n) is 3.76. The van der Waals surface area contributed by atoms with Crippen LogP contribution in [0.4, 0.5) is 0 Å². The molecule has 1 aliphatic rings. The third kappa shape index (κ3) is 1.71. The lowest BCUT2D eigenvalue weighted by atomic mass is 9.96. The third-order valence-corrected chi connectivity index (χ3v) is 3.76. The van der Waals surface area contributed by atoms with Crippen LogP contribution in [-0.2, 0) is 12.8 Å². The van der Waals surface area contributed by atoms with Crippen molar-refractivity contribution in [2.75, 3.05) is 0 Å². The second-order valence-corrected chi connectivity index (χ2v) is 4.98. The number of nitrogens with zero attached hydrogens (tertiary/aromatic N) is 3. The number of rotatable bonds is 1. The Balaban J connectivity index is 1.88. The molecule has 0 bridgehead atoms. The largest absolute Gasteiger partial charge is 0.274 e. The number of benzene rings is 1. The fraction of sp³-hybridized carbons (Fsp3) is 0.267. The summed E-state index contributed by atoms with van der Waals surface area (Å²) in [5, 5.41) is 8.60. The Bertz CT molecular complexity index is 745. The molecule has 0 saturated carbocycles. The maximum absolute atomic E-state index is 4.64. The summed E-state index contributed by atoms with van der Waals surface area (Å²) in [5.74, 6) is 0.759. The quantitative estimate of drug-likeness (QED) is 0.722. The van der Waals surface area contributed by atoms with Gasteiger partial charge in [0.25, 0.3) is 0 Å². The lowest BCUT2D eigenvalue weighted by Crippen LogP contribution is -2.02. The second-order valence-electron chi connectivity index (χ2n) is 4.98. The minimum absolute atomic E-state index is 0.759. The molecule has 19 heavy (non-hydrogen) atoms. The van der Waals surface area contributed by atoms with Crippen LogP contribution in [0.5, 0.6) is 0 Å². The van der Waals surface area contributed by atoms with Gasteiger partial charge >= 0.3 is 0 Å². The van der Waals surface area contributed by atoms with Gasteiger partial charge in [0.1, 0.15) is 5.69 Å². The summed E-state index contributed by atoms with van der Waals surface area (Å²) in [6.45, 7) is 0. The number of fused-ring (bicyclic) bond motifs is 2. The molecule has 4 rings (SSSR count). The zero-order valence-electron chi connectivity index (χ0n) is 10.6. The zero-order valence-corrected chi connectivity index (χ0v) is 10.6. The molecular weight excluding hydrogens is 236 g/mol. The SMILES string of the molecule is c1ccc2nc(-c3[nH]nc4c3CCCC4)ncc2c1. The maximum Gasteiger partial charge on any atom is 0.178 e. The van der Waals surface area contributed by atoms with Crippen LogP contribution in [0.1, 0.15) is 24.1 Å². The molecule has 0 fully saturated rings. The molecule has 0 atom stereocenters. The first-order valence-corrected chi connectivity index (χ1v) is 6.70. The summed E-state index contributed by atoms with van der Waals surface area (Å²) in [5.41, 5.74) is 4.48. The van der Waals surface area contributed by atoms with Gasteiger partial charge in [-0.1, -0.05) is 18.2 Å². The van der Waals surface area contributed by atoms with Crippen molar-refractivity contribution in [2.24, 2.45) is 0 Å². The standard InChI is InChI=1S/C15H14N4/c1-3-7-12-10(5-1)9-16-15(17-12)14-11-6-2-4-8-13(11)18-19-14/h1,3,5,7,9H,2,4,6,8H2,(H,18,19). The topological polar surface area (TPSA) is 54.5 Å². The molecule has 94 valence electrons. The first-order valence-electron chi connectivity index (χ1n) is 6.70. The van der Waals surface area contributed by atoms with Gasteiger partial charge in [-0.15, -0.1) is 0 Å². The van der Waals surface area contributed by atoms with Gasteiger partial charge in [-0.05, 0) is 31.7 Å². The maximum atomic E-state index is 4.64. The molecular formula is C15H14N4. The first kappa shape index (κ1) is 10.7. The average Bonchev–Trinajstić information content (AvgIpc) is 2.91. The van der Waals surface area contributed by atoms with Gasteiger partial charge < -0.3 is 0 Å². The van der Waals surface area contributed by atoms with E-state index in [1.165, 1.54) is 24.1 Å². The number of nitrogens with one attached hydrogen (secondary N) is 1. The van der Waals surface area contributed by atoms with Gasteiger partial charge in [0.2, 0.25) is 0 Å². The Hall–Kier alpha value is -2.23. The van der Waals surface area contributed by atoms with Crippen molar-refractivity contribution in [3.05, 3.63) is 41.7 Å². The van der Waals surface area contributed by atoms with Crippen molar-refractivity contribution < 1.29 is 0 Å². The van der Waals surface area contributed by atoms with Crippen LogP contribution in [0.25, 0.3) is 22.4 Å². The van der Waals surface area contributed by atoms with Crippen LogP contribution in [0.2, 0.25) is 0 Å². The Labute approximate surface area is 110 Å². The Morgan fingerprint density at radius 2 is 1.95 bits per heavy atom. The molecule has 0 amide bonds. The van der Waals surface area contributed by atoms with E-state index in [4.69, 9.17) is 0 Å². The highest BCUT2D eigenvalue weighted by Crippen LogP contribution is 2.28. The molecule has 4 nitrogen and oxygen atoms in total. The van der Waals surface area contributed by atoms with Crippen LogP contribution >= 0.6 is 0 Å². The van der Waals surface area contributed by atoms with E-state index in [2.05, 4.69) is 20.2 Å². The molecule has 0 aliphatic heterocycles. The minimum atomic E-state index is 0.759. The summed E-state index contributed by atoms with van der Waals surface area (Å²) in [6.07, 6.45) is 6.49. The molecule has 2 aromatic heterocycles. The molecule has 4 heteroatoms. The average molecular weight is 250 g/mol. The van der Waals surface area contributed by atoms with Gasteiger partial charge in [0.15, 0.2) is 5.82 Å². The number of aryl methyl sites for hydroxylation is 1. The highest BCUT2D eigenvalue weighted by Gasteiger charge is 2.19. The van der Waals surface area contributed by atoms with Crippen molar-refractivity contribution in [1.29, 1.82) is 0 Å². The van der Waals surface area contributed by atoms with Gasteiger partial charge in [-0.25, -0.2) is 9.97 Å². The van der Waals surface area contributed by atoms with Crippen molar-refractivity contribution in [3.8, 4) is 11.5 Å². The van der Waals surface area contributed by atoms with Gasteiger partial charge in [-0.3, -0.25) is 5.10 Å². The van der Waals surface area contributed by atoms with Crippen LogP contribution in [0.3, 0.4) is 0 Å². The predicted molar refractivity (Wildman–Crippen MR) is 73.8 cm³/mol. The number of para-hydroxylation sites is 1. The smallest absolute Gasteiger partial charge is 0.178 e. The summed E-state index contributed by atoms with van der Waals surface area (Å²) in [7, 11) is 0. The molecule has 1 N–H and O–H groups in total. The monoisotopic (exact) mass is 250 g/mol. The fourth-order valence-corrected chi connectivity index (χ4v) is 2.75. The van der Waals surface area contributed by atoms with Crippen molar-refractivity contribution >= 4 is 10.9 Å². The lowest BCUT2D eigenvalue weighted by molar-refractivity contribution is 0.675. The molecule has 0 spiro atoms. The Morgan fingerprint density at radius 1 is 1.05 bits per heavy atom. The zero-order chi connectivity index (χ0) is 12.7. The molecule has 2 heterocycles. The summed E-state index contributed by atoms with van der Waals surface area (Å²) in [6, 6.07) is 8.05. The van der Waals surface area contributed by atoms with Crippen LogP contribution < -0.4 is 0 Å². The van der Waals surface area contributed by atoms with Crippen LogP contribution in [-0.4, -0.2) is 20.2 Å². The van der Waals surface area contributed by atoms with Crippen molar-refractivity contribution in [1.82, 2.24) is 20.2 Å². The number of aromatic nitrogens is 4. The Morgan fingerprint density at radius 3 is 2.95 bits per heavy atom. The van der Waals surface area contributed by atoms with E-state index in [9.17, 15) is 0 Å². The molecule has 0 saturated heterocycles. The van der Waals surface area contributed by atoms with Crippen molar-refractivity contribution in [2.45, 2.75) is 25.7 Å². The number of hydrogen-bond donors (Lipinski definition) is 1. The number of aromatic amines is 1. The van der Waals surface area contributed by atoms with Gasteiger partial charge in [-0.2, -0.15) is 5.10 Å². The number of hydrogen-bond acceptors (Lipinski definition) is 3. The van der Waals surface area contributed by atoms with Crippen LogP contribution in [0.15, 0.2) is 30.5 Å². The van der Waals surface area contributed by atoms with Gasteiger partial charge in [0, 0.05) is 17.1 Å². The minimum Gasteiger partial charge on any atom is -0.274 e. The van der Waals surface area contributed by atoms with E-state index >= 15 is 0 Å². The van der Waals surface area contributed by atoms with E-state index in [-0.39, 0.29) is 0 Å². The highest BCUT2D eigenvalue weighted by atomic mass is 15.1. The normalized spacial score (nSPS) is 14.5. The fourth-order valence-electron chi connectivity index (χ4n) is 2.75. The second kappa shape index (κ2) is 4.16. The Kier molecular flexibility index (Phi) is 2.33. The lowest BCUT2D eigenvalue weighted by Gasteiger charge is -2.10. The first-order chi connectivity index (χ1) is 9.42. The van der Waals surface area contributed by atoms with E-state index in [0.717, 1.165) is 35.3 Å². The van der Waals surface area contributed by atoms with E-state index in [1.54, 1.807) is 0 Å². The molecule has 3 aromatic rings.